The average molecular weight is 272 g/mol. The first-order chi connectivity index (χ1) is 9.31. The fourth-order valence-electron chi connectivity index (χ4n) is 1.70. The van der Waals surface area contributed by atoms with Gasteiger partial charge in [-0.1, -0.05) is 32.9 Å². The summed E-state index contributed by atoms with van der Waals surface area (Å²) in [4.78, 5) is 11.8. The molecule has 0 unspecified atom stereocenters. The minimum absolute atomic E-state index is 0.0853. The zero-order valence-electron chi connectivity index (χ0n) is 12.3. The molecule has 1 rings (SSSR count). The summed E-state index contributed by atoms with van der Waals surface area (Å²) in [5.41, 5.74) is 1.59. The van der Waals surface area contributed by atoms with Gasteiger partial charge in [0, 0.05) is 5.69 Å². The molecule has 1 aromatic rings. The number of carbonyl (C=O) groups excluding carboxylic acids is 1. The van der Waals surface area contributed by atoms with Crippen LogP contribution in [0.1, 0.15) is 39.7 Å². The van der Waals surface area contributed by atoms with E-state index in [1.807, 2.05) is 12.1 Å². The second-order valence-corrected chi connectivity index (χ2v) is 5.34. The van der Waals surface area contributed by atoms with Crippen LogP contribution in [0.15, 0.2) is 35.6 Å². The van der Waals surface area contributed by atoms with Crippen LogP contribution in [-0.2, 0) is 10.2 Å². The smallest absolute Gasteiger partial charge is 0.269 e. The lowest BCUT2D eigenvalue weighted by atomic mass is 9.82. The van der Waals surface area contributed by atoms with Crippen molar-refractivity contribution in [3.63, 3.8) is 0 Å². The molecule has 0 spiro atoms. The molecule has 0 bridgehead atoms. The van der Waals surface area contributed by atoms with Gasteiger partial charge in [0.1, 0.15) is 11.8 Å². The maximum Gasteiger partial charge on any atom is 0.269 e. The topological polar surface area (TPSA) is 73.1 Å². The highest BCUT2D eigenvalue weighted by Crippen LogP contribution is 2.27. The van der Waals surface area contributed by atoms with Crippen LogP contribution in [0.4, 0.5) is 5.69 Å². The lowest BCUT2D eigenvalue weighted by molar-refractivity contribution is -0.112. The van der Waals surface area contributed by atoms with Crippen molar-refractivity contribution in [1.82, 2.24) is 0 Å². The number of aliphatic hydroxyl groups is 1. The third-order valence-corrected chi connectivity index (χ3v) is 3.51. The number of carbonyl (C=O) groups is 1. The second kappa shape index (κ2) is 6.25. The van der Waals surface area contributed by atoms with Crippen molar-refractivity contribution in [3.05, 3.63) is 41.2 Å². The molecule has 1 aromatic carbocycles. The lowest BCUT2D eigenvalue weighted by Crippen LogP contribution is -2.17. The predicted octanol–water partition coefficient (Wildman–Crippen LogP) is 3.67. The first kappa shape index (κ1) is 15.8. The molecule has 0 saturated heterocycles. The molecule has 0 aliphatic carbocycles. The summed E-state index contributed by atoms with van der Waals surface area (Å²) < 4.78 is 0. The molecule has 1 amide bonds. The second-order valence-electron chi connectivity index (χ2n) is 5.34. The summed E-state index contributed by atoms with van der Waals surface area (Å²) in [5, 5.41) is 20.6. The molecule has 0 fully saturated rings. The molecule has 4 heteroatoms. The Bertz CT molecular complexity index is 559. The minimum atomic E-state index is -0.602. The van der Waals surface area contributed by atoms with E-state index in [1.165, 1.54) is 12.5 Å². The summed E-state index contributed by atoms with van der Waals surface area (Å²) in [6.07, 6.45) is 1.02. The zero-order chi connectivity index (χ0) is 15.3. The van der Waals surface area contributed by atoms with Crippen molar-refractivity contribution in [2.45, 2.75) is 39.5 Å². The number of hydrogen-bond donors (Lipinski definition) is 2. The number of amides is 1. The maximum atomic E-state index is 11.8. The van der Waals surface area contributed by atoms with E-state index in [-0.39, 0.29) is 16.7 Å². The zero-order valence-corrected chi connectivity index (χ0v) is 12.3. The Labute approximate surface area is 119 Å². The van der Waals surface area contributed by atoms with Gasteiger partial charge in [-0.2, -0.15) is 5.26 Å². The molecular formula is C16H20N2O2. The largest absolute Gasteiger partial charge is 0.511 e. The van der Waals surface area contributed by atoms with E-state index in [0.29, 0.717) is 5.69 Å². The van der Waals surface area contributed by atoms with Crippen LogP contribution in [0.5, 0.6) is 0 Å². The highest BCUT2D eigenvalue weighted by molar-refractivity contribution is 6.06. The summed E-state index contributed by atoms with van der Waals surface area (Å²) in [7, 11) is 0. The fourth-order valence-corrected chi connectivity index (χ4v) is 1.70. The molecule has 0 heterocycles. The number of aliphatic hydroxyl groups excluding tert-OH is 1. The Hall–Kier alpha value is -2.28. The summed E-state index contributed by atoms with van der Waals surface area (Å²) in [5.74, 6) is -0.885. The van der Waals surface area contributed by atoms with Crippen molar-refractivity contribution in [3.8, 4) is 6.07 Å². The van der Waals surface area contributed by atoms with E-state index in [2.05, 4.69) is 26.1 Å². The van der Waals surface area contributed by atoms with E-state index < -0.39 is 5.91 Å². The van der Waals surface area contributed by atoms with E-state index in [4.69, 9.17) is 5.26 Å². The van der Waals surface area contributed by atoms with Gasteiger partial charge in [-0.05, 0) is 36.5 Å². The van der Waals surface area contributed by atoms with Crippen LogP contribution in [0, 0.1) is 11.3 Å². The lowest BCUT2D eigenvalue weighted by Gasteiger charge is -2.23. The van der Waals surface area contributed by atoms with Crippen molar-refractivity contribution < 1.29 is 9.90 Å². The van der Waals surface area contributed by atoms with Gasteiger partial charge in [0.2, 0.25) is 0 Å². The molecule has 106 valence electrons. The molecular weight excluding hydrogens is 252 g/mol. The molecule has 20 heavy (non-hydrogen) atoms. The summed E-state index contributed by atoms with van der Waals surface area (Å²) in [6, 6.07) is 9.20. The van der Waals surface area contributed by atoms with E-state index >= 15 is 0 Å². The first-order valence-electron chi connectivity index (χ1n) is 6.53. The molecule has 0 aromatic heterocycles. The van der Waals surface area contributed by atoms with Crippen molar-refractivity contribution in [2.24, 2.45) is 0 Å². The van der Waals surface area contributed by atoms with Crippen LogP contribution in [0.2, 0.25) is 0 Å². The monoisotopic (exact) mass is 272 g/mol. The highest BCUT2D eigenvalue weighted by Gasteiger charge is 2.18. The Balaban J connectivity index is 2.90. The fraction of sp³-hybridized carbons (Fsp3) is 0.375. The molecule has 0 aliphatic heterocycles. The number of allylic oxidation sites excluding steroid dienone is 1. The molecule has 4 nitrogen and oxygen atoms in total. The van der Waals surface area contributed by atoms with Crippen molar-refractivity contribution in [2.75, 3.05) is 5.32 Å². The quantitative estimate of drug-likeness (QED) is 0.499. The van der Waals surface area contributed by atoms with Gasteiger partial charge in [-0.15, -0.1) is 0 Å². The molecule has 0 atom stereocenters. The van der Waals surface area contributed by atoms with Gasteiger partial charge in [-0.25, -0.2) is 0 Å². The van der Waals surface area contributed by atoms with Crippen LogP contribution in [0.3, 0.4) is 0 Å². The summed E-state index contributed by atoms with van der Waals surface area (Å²) in [6.45, 7) is 7.76. The molecule has 0 radical (unpaired) electrons. The first-order valence-corrected chi connectivity index (χ1v) is 6.53. The normalized spacial score (nSPS) is 12.3. The minimum Gasteiger partial charge on any atom is -0.511 e. The number of nitrogens with zero attached hydrogens (tertiary/aromatic N) is 1. The molecule has 0 aliphatic rings. The number of hydrogen-bond acceptors (Lipinski definition) is 3. The number of nitriles is 1. The Morgan fingerprint density at radius 2 is 1.90 bits per heavy atom. The molecule has 2 N–H and O–H groups in total. The van der Waals surface area contributed by atoms with Crippen LogP contribution in [0.25, 0.3) is 0 Å². The number of benzene rings is 1. The number of nitrogens with one attached hydrogen (secondary N) is 1. The van der Waals surface area contributed by atoms with Gasteiger partial charge in [0.25, 0.3) is 5.91 Å². The Kier molecular flexibility index (Phi) is 4.93. The van der Waals surface area contributed by atoms with Crippen LogP contribution >= 0.6 is 0 Å². The van der Waals surface area contributed by atoms with Gasteiger partial charge in [0.15, 0.2) is 5.57 Å². The third kappa shape index (κ3) is 3.61. The van der Waals surface area contributed by atoms with Gasteiger partial charge >= 0.3 is 0 Å². The summed E-state index contributed by atoms with van der Waals surface area (Å²) >= 11 is 0. The predicted molar refractivity (Wildman–Crippen MR) is 79.3 cm³/mol. The van der Waals surface area contributed by atoms with Gasteiger partial charge in [0.05, 0.1) is 0 Å². The van der Waals surface area contributed by atoms with Crippen molar-refractivity contribution in [1.29, 1.82) is 5.26 Å². The van der Waals surface area contributed by atoms with E-state index in [0.717, 1.165) is 6.42 Å². The maximum absolute atomic E-state index is 11.8. The highest BCUT2D eigenvalue weighted by atomic mass is 16.3. The third-order valence-electron chi connectivity index (χ3n) is 3.51. The van der Waals surface area contributed by atoms with Crippen molar-refractivity contribution >= 4 is 11.6 Å². The SMILES string of the molecule is CCC(C)(C)c1ccc(NC(=O)/C(C#N)=C(/C)O)cc1. The number of anilines is 1. The van der Waals surface area contributed by atoms with E-state index in [1.54, 1.807) is 18.2 Å². The molecule has 0 saturated carbocycles. The van der Waals surface area contributed by atoms with Gasteiger partial charge < -0.3 is 10.4 Å². The average Bonchev–Trinajstić information content (AvgIpc) is 2.39. The van der Waals surface area contributed by atoms with E-state index in [9.17, 15) is 9.90 Å². The van der Waals surface area contributed by atoms with Crippen LogP contribution < -0.4 is 5.32 Å². The standard InChI is InChI=1S/C16H20N2O2/c1-5-16(3,4)12-6-8-13(9-7-12)18-15(20)14(10-17)11(2)19/h6-9,19H,5H2,1-4H3,(H,18,20)/b14-11-. The van der Waals surface area contributed by atoms with Crippen LogP contribution in [-0.4, -0.2) is 11.0 Å². The Morgan fingerprint density at radius 1 is 1.35 bits per heavy atom. The Morgan fingerprint density at radius 3 is 2.30 bits per heavy atom. The van der Waals surface area contributed by atoms with Gasteiger partial charge in [-0.3, -0.25) is 4.79 Å². The number of rotatable bonds is 4.